The van der Waals surface area contributed by atoms with Gasteiger partial charge in [0.2, 0.25) is 5.70 Å². The summed E-state index contributed by atoms with van der Waals surface area (Å²) in [5.74, 6) is 0. The van der Waals surface area contributed by atoms with Crippen molar-refractivity contribution in [3.63, 3.8) is 0 Å². The number of hydrogen-bond donors (Lipinski definition) is 0. The van der Waals surface area contributed by atoms with Gasteiger partial charge in [0, 0.05) is 30.8 Å². The van der Waals surface area contributed by atoms with Crippen LogP contribution < -0.4 is 0 Å². The monoisotopic (exact) mass is 195 g/mol. The zero-order valence-corrected chi connectivity index (χ0v) is 8.52. The average Bonchev–Trinajstić information content (AvgIpc) is 2.44. The van der Waals surface area contributed by atoms with E-state index in [2.05, 4.69) is 5.10 Å². The largest absolute Gasteiger partial charge is 0.272 e. The van der Waals surface area contributed by atoms with E-state index in [0.717, 1.165) is 11.3 Å². The molecule has 0 aliphatic heterocycles. The summed E-state index contributed by atoms with van der Waals surface area (Å²) >= 11 is 0. The highest BCUT2D eigenvalue weighted by Gasteiger charge is 2.09. The zero-order valence-electron chi connectivity index (χ0n) is 8.52. The maximum absolute atomic E-state index is 10.6. The molecular formula is C9H13N3O2. The minimum atomic E-state index is -0.355. The molecule has 1 heterocycles. The first kappa shape index (κ1) is 10.4. The summed E-state index contributed by atoms with van der Waals surface area (Å²) in [5.41, 5.74) is 1.94. The number of hydrogen-bond acceptors (Lipinski definition) is 3. The Morgan fingerprint density at radius 2 is 2.43 bits per heavy atom. The maximum atomic E-state index is 10.6. The third kappa shape index (κ3) is 1.99. The van der Waals surface area contributed by atoms with Gasteiger partial charge in [-0.05, 0) is 6.92 Å². The van der Waals surface area contributed by atoms with E-state index >= 15 is 0 Å². The molecule has 0 amide bonds. The van der Waals surface area contributed by atoms with Crippen LogP contribution in [0.1, 0.15) is 24.6 Å². The Balaban J connectivity index is 3.06. The molecule has 1 aromatic heterocycles. The summed E-state index contributed by atoms with van der Waals surface area (Å²) in [5, 5.41) is 14.6. The molecule has 5 heteroatoms. The molecule has 0 aliphatic carbocycles. The topological polar surface area (TPSA) is 61.0 Å². The molecule has 5 nitrogen and oxygen atoms in total. The SMILES string of the molecule is CCC(=Cc1cnn(C)c1C)[N+](=O)[O-]. The molecule has 0 saturated heterocycles. The van der Waals surface area contributed by atoms with Gasteiger partial charge in [-0.3, -0.25) is 14.8 Å². The van der Waals surface area contributed by atoms with E-state index in [-0.39, 0.29) is 10.6 Å². The lowest BCUT2D eigenvalue weighted by Crippen LogP contribution is -1.97. The van der Waals surface area contributed by atoms with Crippen LogP contribution in [0.15, 0.2) is 11.9 Å². The van der Waals surface area contributed by atoms with E-state index in [1.807, 2.05) is 14.0 Å². The third-order valence-corrected chi connectivity index (χ3v) is 2.19. The van der Waals surface area contributed by atoms with E-state index in [0.29, 0.717) is 6.42 Å². The first-order chi connectivity index (χ1) is 6.56. The Labute approximate surface area is 82.2 Å². The van der Waals surface area contributed by atoms with Gasteiger partial charge in [0.25, 0.3) is 0 Å². The number of allylic oxidation sites excluding steroid dienone is 1. The Hall–Kier alpha value is -1.65. The number of nitro groups is 1. The maximum Gasteiger partial charge on any atom is 0.246 e. The second kappa shape index (κ2) is 4.04. The number of rotatable bonds is 3. The van der Waals surface area contributed by atoms with Crippen molar-refractivity contribution in [2.24, 2.45) is 7.05 Å². The molecule has 0 radical (unpaired) electrons. The van der Waals surface area contributed by atoms with Crippen LogP contribution in [0.2, 0.25) is 0 Å². The van der Waals surface area contributed by atoms with E-state index in [4.69, 9.17) is 0 Å². The molecule has 1 aromatic rings. The highest BCUT2D eigenvalue weighted by Crippen LogP contribution is 2.13. The molecule has 0 unspecified atom stereocenters. The van der Waals surface area contributed by atoms with Crippen LogP contribution in [-0.4, -0.2) is 14.7 Å². The molecule has 0 spiro atoms. The quantitative estimate of drug-likeness (QED) is 0.545. The second-order valence-electron chi connectivity index (χ2n) is 3.06. The van der Waals surface area contributed by atoms with Crippen molar-refractivity contribution in [3.8, 4) is 0 Å². The van der Waals surface area contributed by atoms with E-state index in [1.54, 1.807) is 23.9 Å². The zero-order chi connectivity index (χ0) is 10.7. The molecule has 0 atom stereocenters. The average molecular weight is 195 g/mol. The van der Waals surface area contributed by atoms with Crippen LogP contribution in [0.4, 0.5) is 0 Å². The molecule has 1 rings (SSSR count). The van der Waals surface area contributed by atoms with Crippen LogP contribution >= 0.6 is 0 Å². The fraction of sp³-hybridized carbons (Fsp3) is 0.444. The van der Waals surface area contributed by atoms with Crippen LogP contribution in [-0.2, 0) is 7.05 Å². The summed E-state index contributed by atoms with van der Waals surface area (Å²) in [6.45, 7) is 3.65. The van der Waals surface area contributed by atoms with Gasteiger partial charge in [0.15, 0.2) is 0 Å². The minimum Gasteiger partial charge on any atom is -0.272 e. The normalized spacial score (nSPS) is 11.8. The van der Waals surface area contributed by atoms with Crippen molar-refractivity contribution in [1.82, 2.24) is 9.78 Å². The van der Waals surface area contributed by atoms with Gasteiger partial charge < -0.3 is 0 Å². The summed E-state index contributed by atoms with van der Waals surface area (Å²) in [4.78, 5) is 10.2. The fourth-order valence-corrected chi connectivity index (χ4v) is 1.12. The van der Waals surface area contributed by atoms with Crippen molar-refractivity contribution in [1.29, 1.82) is 0 Å². The first-order valence-electron chi connectivity index (χ1n) is 4.39. The summed E-state index contributed by atoms with van der Waals surface area (Å²) in [6.07, 6.45) is 3.62. The molecule has 0 bridgehead atoms. The van der Waals surface area contributed by atoms with Gasteiger partial charge in [-0.25, -0.2) is 0 Å². The highest BCUT2D eigenvalue weighted by molar-refractivity contribution is 5.52. The molecule has 0 aliphatic rings. The van der Waals surface area contributed by atoms with Gasteiger partial charge in [-0.1, -0.05) is 6.92 Å². The molecule has 0 N–H and O–H groups in total. The highest BCUT2D eigenvalue weighted by atomic mass is 16.6. The lowest BCUT2D eigenvalue weighted by molar-refractivity contribution is -0.425. The fourth-order valence-electron chi connectivity index (χ4n) is 1.12. The van der Waals surface area contributed by atoms with Crippen molar-refractivity contribution in [2.75, 3.05) is 0 Å². The Morgan fingerprint density at radius 1 is 1.79 bits per heavy atom. The smallest absolute Gasteiger partial charge is 0.246 e. The number of aromatic nitrogens is 2. The van der Waals surface area contributed by atoms with E-state index in [1.165, 1.54) is 0 Å². The summed E-state index contributed by atoms with van der Waals surface area (Å²) in [6, 6.07) is 0. The molecule has 0 fully saturated rings. The molecule has 76 valence electrons. The van der Waals surface area contributed by atoms with E-state index in [9.17, 15) is 10.1 Å². The standard InChI is InChI=1S/C9H13N3O2/c1-4-9(12(13)14)5-8-6-10-11(3)7(8)2/h5-6H,4H2,1-3H3. The molecule has 14 heavy (non-hydrogen) atoms. The molecular weight excluding hydrogens is 182 g/mol. The molecule has 0 aromatic carbocycles. The number of aryl methyl sites for hydroxylation is 1. The molecule has 0 saturated carbocycles. The van der Waals surface area contributed by atoms with Crippen molar-refractivity contribution >= 4 is 6.08 Å². The van der Waals surface area contributed by atoms with Gasteiger partial charge in [-0.2, -0.15) is 5.10 Å². The van der Waals surface area contributed by atoms with Crippen molar-refractivity contribution in [3.05, 3.63) is 33.3 Å². The van der Waals surface area contributed by atoms with Gasteiger partial charge in [0.1, 0.15) is 0 Å². The summed E-state index contributed by atoms with van der Waals surface area (Å²) in [7, 11) is 1.81. The van der Waals surface area contributed by atoms with Crippen LogP contribution in [0, 0.1) is 17.0 Å². The van der Waals surface area contributed by atoms with Gasteiger partial charge >= 0.3 is 0 Å². The van der Waals surface area contributed by atoms with Gasteiger partial charge in [0.05, 0.1) is 11.1 Å². The minimum absolute atomic E-state index is 0.209. The third-order valence-electron chi connectivity index (χ3n) is 2.19. The van der Waals surface area contributed by atoms with Gasteiger partial charge in [-0.15, -0.1) is 0 Å². The second-order valence-corrected chi connectivity index (χ2v) is 3.06. The van der Waals surface area contributed by atoms with Crippen molar-refractivity contribution in [2.45, 2.75) is 20.3 Å². The Kier molecular flexibility index (Phi) is 3.01. The van der Waals surface area contributed by atoms with E-state index < -0.39 is 0 Å². The predicted octanol–water partition coefficient (Wildman–Crippen LogP) is 1.76. The van der Waals surface area contributed by atoms with Crippen LogP contribution in [0.25, 0.3) is 6.08 Å². The Morgan fingerprint density at radius 3 is 2.79 bits per heavy atom. The number of nitrogens with zero attached hydrogens (tertiary/aromatic N) is 3. The Bertz CT molecular complexity index is 379. The van der Waals surface area contributed by atoms with Crippen LogP contribution in [0.5, 0.6) is 0 Å². The first-order valence-corrected chi connectivity index (χ1v) is 4.39. The van der Waals surface area contributed by atoms with Crippen molar-refractivity contribution < 1.29 is 4.92 Å². The predicted molar refractivity (Wildman–Crippen MR) is 53.2 cm³/mol. The lowest BCUT2D eigenvalue weighted by Gasteiger charge is -1.95. The lowest BCUT2D eigenvalue weighted by atomic mass is 10.2. The summed E-state index contributed by atoms with van der Waals surface area (Å²) < 4.78 is 1.69. The van der Waals surface area contributed by atoms with Crippen LogP contribution in [0.3, 0.4) is 0 Å².